The topological polar surface area (TPSA) is 27.7 Å². The minimum absolute atomic E-state index is 0.182. The van der Waals surface area contributed by atoms with Gasteiger partial charge in [0.05, 0.1) is 24.6 Å². The fourth-order valence-electron chi connectivity index (χ4n) is 1.79. The Labute approximate surface area is 117 Å². The van der Waals surface area contributed by atoms with Crippen molar-refractivity contribution in [3.05, 3.63) is 35.9 Å². The third kappa shape index (κ3) is 3.79. The Hall–Kier alpha value is -0.420. The molecule has 0 aromatic heterocycles. The third-order valence-electron chi connectivity index (χ3n) is 2.91. The molecule has 4 heteroatoms. The normalized spacial score (nSPS) is 30.1. The van der Waals surface area contributed by atoms with Crippen molar-refractivity contribution in [1.29, 1.82) is 0 Å². The molecule has 1 aliphatic rings. The smallest absolute Gasteiger partial charge is 0.169 e. The Bertz CT molecular complexity index is 359. The summed E-state index contributed by atoms with van der Waals surface area (Å²) < 4.78 is 17.2. The molecule has 1 heterocycles. The number of rotatable bonds is 4. The van der Waals surface area contributed by atoms with E-state index in [1.165, 1.54) is 0 Å². The first-order valence-electron chi connectivity index (χ1n) is 6.14. The second-order valence-electron chi connectivity index (χ2n) is 4.89. The van der Waals surface area contributed by atoms with Crippen LogP contribution in [0.1, 0.15) is 19.4 Å². The van der Waals surface area contributed by atoms with Crippen LogP contribution in [0.15, 0.2) is 30.3 Å². The Balaban J connectivity index is 1.83. The van der Waals surface area contributed by atoms with Crippen molar-refractivity contribution in [3.63, 3.8) is 0 Å². The highest BCUT2D eigenvalue weighted by Crippen LogP contribution is 2.24. The van der Waals surface area contributed by atoms with E-state index < -0.39 is 0 Å². The molecular formula is C14H19BrO3. The molecule has 1 unspecified atom stereocenters. The highest BCUT2D eigenvalue weighted by atomic mass is 79.9. The Kier molecular flexibility index (Phi) is 4.78. The number of benzene rings is 1. The maximum absolute atomic E-state index is 5.92. The summed E-state index contributed by atoms with van der Waals surface area (Å²) in [6.07, 6.45) is -0.182. The average molecular weight is 315 g/mol. The summed E-state index contributed by atoms with van der Waals surface area (Å²) in [4.78, 5) is 0.191. The van der Waals surface area contributed by atoms with Gasteiger partial charge in [0.2, 0.25) is 0 Å². The lowest BCUT2D eigenvalue weighted by Crippen LogP contribution is -2.48. The van der Waals surface area contributed by atoms with Crippen LogP contribution in [0, 0.1) is 0 Å². The predicted molar refractivity (Wildman–Crippen MR) is 73.7 cm³/mol. The van der Waals surface area contributed by atoms with E-state index >= 15 is 0 Å². The van der Waals surface area contributed by atoms with Gasteiger partial charge in [-0.15, -0.1) is 0 Å². The van der Waals surface area contributed by atoms with Crippen LogP contribution in [0.5, 0.6) is 0 Å². The van der Waals surface area contributed by atoms with Crippen LogP contribution in [0.4, 0.5) is 0 Å². The Morgan fingerprint density at radius 2 is 1.94 bits per heavy atom. The van der Waals surface area contributed by atoms with Crippen LogP contribution in [-0.2, 0) is 20.8 Å². The minimum atomic E-state index is -0.367. The van der Waals surface area contributed by atoms with E-state index in [2.05, 4.69) is 28.1 Å². The van der Waals surface area contributed by atoms with Crippen molar-refractivity contribution in [1.82, 2.24) is 0 Å². The van der Waals surface area contributed by atoms with Crippen LogP contribution in [0.3, 0.4) is 0 Å². The molecule has 0 spiro atoms. The first kappa shape index (κ1) is 14.0. The van der Waals surface area contributed by atoms with Gasteiger partial charge in [-0.05, 0) is 19.4 Å². The lowest BCUT2D eigenvalue weighted by Gasteiger charge is -2.38. The van der Waals surface area contributed by atoms with Crippen molar-refractivity contribution < 1.29 is 14.2 Å². The Morgan fingerprint density at radius 3 is 2.50 bits per heavy atom. The highest BCUT2D eigenvalue weighted by Gasteiger charge is 2.35. The fraction of sp³-hybridized carbons (Fsp3) is 0.571. The van der Waals surface area contributed by atoms with Gasteiger partial charge < -0.3 is 14.2 Å². The lowest BCUT2D eigenvalue weighted by atomic mass is 10.1. The molecule has 2 rings (SSSR count). The van der Waals surface area contributed by atoms with Crippen molar-refractivity contribution in [2.24, 2.45) is 0 Å². The predicted octanol–water partition coefficient (Wildman–Crippen LogP) is 3.12. The fourth-order valence-corrected chi connectivity index (χ4v) is 2.09. The van der Waals surface area contributed by atoms with Crippen molar-refractivity contribution in [2.75, 3.05) is 13.2 Å². The molecule has 0 aliphatic carbocycles. The number of ether oxygens (including phenoxy) is 3. The van der Waals surface area contributed by atoms with Gasteiger partial charge in [0.15, 0.2) is 6.29 Å². The zero-order valence-electron chi connectivity index (χ0n) is 10.8. The molecular weight excluding hydrogens is 296 g/mol. The van der Waals surface area contributed by atoms with Crippen molar-refractivity contribution in [3.8, 4) is 0 Å². The molecule has 18 heavy (non-hydrogen) atoms. The van der Waals surface area contributed by atoms with E-state index in [-0.39, 0.29) is 16.7 Å². The molecule has 0 N–H and O–H groups in total. The van der Waals surface area contributed by atoms with E-state index in [1.54, 1.807) is 0 Å². The zero-order chi connectivity index (χ0) is 13.0. The maximum atomic E-state index is 5.92. The maximum Gasteiger partial charge on any atom is 0.169 e. The standard InChI is InChI=1S/C14H19BrO3/c1-11(15)13-16-9-14(2,10-17-13)18-8-12-6-4-3-5-7-12/h3-7,11,13H,8-10H2,1-2H3/t11?,13-,14+. The van der Waals surface area contributed by atoms with Gasteiger partial charge in [-0.25, -0.2) is 0 Å². The van der Waals surface area contributed by atoms with E-state index in [4.69, 9.17) is 14.2 Å². The summed E-state index contributed by atoms with van der Waals surface area (Å²) in [6.45, 7) is 5.72. The van der Waals surface area contributed by atoms with Gasteiger partial charge in [-0.1, -0.05) is 46.3 Å². The number of hydrogen-bond acceptors (Lipinski definition) is 3. The molecule has 1 atom stereocenters. The van der Waals surface area contributed by atoms with Gasteiger partial charge in [-0.3, -0.25) is 0 Å². The van der Waals surface area contributed by atoms with Crippen LogP contribution in [-0.4, -0.2) is 29.9 Å². The molecule has 0 bridgehead atoms. The van der Waals surface area contributed by atoms with Crippen LogP contribution < -0.4 is 0 Å². The van der Waals surface area contributed by atoms with Crippen molar-refractivity contribution in [2.45, 2.75) is 37.2 Å². The van der Waals surface area contributed by atoms with Gasteiger partial charge >= 0.3 is 0 Å². The van der Waals surface area contributed by atoms with Gasteiger partial charge in [0.25, 0.3) is 0 Å². The molecule has 1 fully saturated rings. The molecule has 1 aliphatic heterocycles. The molecule has 0 amide bonds. The molecule has 0 radical (unpaired) electrons. The summed E-state index contributed by atoms with van der Waals surface area (Å²) >= 11 is 3.46. The third-order valence-corrected chi connectivity index (χ3v) is 3.34. The summed E-state index contributed by atoms with van der Waals surface area (Å²) in [6, 6.07) is 10.1. The van der Waals surface area contributed by atoms with Crippen LogP contribution in [0.25, 0.3) is 0 Å². The first-order chi connectivity index (χ1) is 8.59. The summed E-state index contributed by atoms with van der Waals surface area (Å²) in [5.74, 6) is 0. The van der Waals surface area contributed by atoms with E-state index in [0.29, 0.717) is 19.8 Å². The van der Waals surface area contributed by atoms with Gasteiger partial charge in [-0.2, -0.15) is 0 Å². The summed E-state index contributed by atoms with van der Waals surface area (Å²) in [5, 5.41) is 0. The van der Waals surface area contributed by atoms with Crippen LogP contribution >= 0.6 is 15.9 Å². The molecule has 1 saturated heterocycles. The molecule has 0 saturated carbocycles. The quantitative estimate of drug-likeness (QED) is 0.799. The average Bonchev–Trinajstić information content (AvgIpc) is 2.38. The second kappa shape index (κ2) is 6.15. The van der Waals surface area contributed by atoms with Crippen molar-refractivity contribution >= 4 is 15.9 Å². The highest BCUT2D eigenvalue weighted by molar-refractivity contribution is 9.09. The van der Waals surface area contributed by atoms with E-state index in [9.17, 15) is 0 Å². The van der Waals surface area contributed by atoms with Gasteiger partial charge in [0, 0.05) is 0 Å². The molecule has 1 aromatic carbocycles. The minimum Gasteiger partial charge on any atom is -0.366 e. The second-order valence-corrected chi connectivity index (χ2v) is 6.34. The number of alkyl halides is 1. The lowest BCUT2D eigenvalue weighted by molar-refractivity contribution is -0.260. The SMILES string of the molecule is CC(Br)[C@H]1OC[C@@](C)(OCc2ccccc2)CO1. The molecule has 100 valence electrons. The van der Waals surface area contributed by atoms with Gasteiger partial charge in [0.1, 0.15) is 5.60 Å². The van der Waals surface area contributed by atoms with E-state index in [0.717, 1.165) is 5.56 Å². The summed E-state index contributed by atoms with van der Waals surface area (Å²) in [5.41, 5.74) is 0.795. The molecule has 1 aromatic rings. The summed E-state index contributed by atoms with van der Waals surface area (Å²) in [7, 11) is 0. The monoisotopic (exact) mass is 314 g/mol. The first-order valence-corrected chi connectivity index (χ1v) is 7.06. The number of hydrogen-bond donors (Lipinski definition) is 0. The largest absolute Gasteiger partial charge is 0.366 e. The zero-order valence-corrected chi connectivity index (χ0v) is 12.4. The molecule has 3 nitrogen and oxygen atoms in total. The number of halogens is 1. The Morgan fingerprint density at radius 1 is 1.33 bits per heavy atom. The van der Waals surface area contributed by atoms with E-state index in [1.807, 2.05) is 32.0 Å². The van der Waals surface area contributed by atoms with Crippen LogP contribution in [0.2, 0.25) is 0 Å².